The summed E-state index contributed by atoms with van der Waals surface area (Å²) in [5, 5.41) is 7.62. The van der Waals surface area contributed by atoms with Crippen LogP contribution in [-0.2, 0) is 6.42 Å². The van der Waals surface area contributed by atoms with Gasteiger partial charge in [-0.2, -0.15) is 9.78 Å². The van der Waals surface area contributed by atoms with Gasteiger partial charge in [-0.15, -0.1) is 0 Å². The molecule has 0 saturated carbocycles. The van der Waals surface area contributed by atoms with E-state index in [-0.39, 0.29) is 5.56 Å². The lowest BCUT2D eigenvalue weighted by atomic mass is 10.1. The van der Waals surface area contributed by atoms with Crippen molar-refractivity contribution >= 4 is 43.8 Å². The summed E-state index contributed by atoms with van der Waals surface area (Å²) >= 11 is 3.47. The van der Waals surface area contributed by atoms with E-state index < -0.39 is 0 Å². The zero-order chi connectivity index (χ0) is 24.5. The number of hydrogen-bond donors (Lipinski definition) is 0. The molecule has 5 nitrogen and oxygen atoms in total. The molecular formula is C29H27BrN4O. The van der Waals surface area contributed by atoms with Gasteiger partial charge in [0.05, 0.1) is 22.8 Å². The lowest BCUT2D eigenvalue weighted by Gasteiger charge is -2.13. The molecular weight excluding hydrogens is 500 g/mol. The van der Waals surface area contributed by atoms with Crippen molar-refractivity contribution in [2.75, 3.05) is 0 Å². The van der Waals surface area contributed by atoms with E-state index in [0.29, 0.717) is 23.1 Å². The maximum atomic E-state index is 13.4. The largest absolute Gasteiger partial charge is 0.317 e. The zero-order valence-electron chi connectivity index (χ0n) is 20.1. The molecule has 0 N–H and O–H groups in total. The second-order valence-electron chi connectivity index (χ2n) is 8.81. The first kappa shape index (κ1) is 23.2. The number of nitrogens with zero attached hydrogens (tertiary/aromatic N) is 4. The summed E-state index contributed by atoms with van der Waals surface area (Å²) in [6, 6.07) is 22.5. The molecule has 2 aromatic heterocycles. The van der Waals surface area contributed by atoms with E-state index in [1.54, 1.807) is 6.21 Å². The molecule has 6 heteroatoms. The molecule has 176 valence electrons. The van der Waals surface area contributed by atoms with Crippen LogP contribution >= 0.6 is 15.9 Å². The van der Waals surface area contributed by atoms with Crippen LogP contribution < -0.4 is 5.56 Å². The minimum absolute atomic E-state index is 0.151. The third-order valence-corrected chi connectivity index (χ3v) is 6.91. The quantitative estimate of drug-likeness (QED) is 0.225. The first-order chi connectivity index (χ1) is 17.0. The Morgan fingerprint density at radius 3 is 2.63 bits per heavy atom. The average molecular weight is 527 g/mol. The lowest BCUT2D eigenvalue weighted by Crippen LogP contribution is -2.22. The summed E-state index contributed by atoms with van der Waals surface area (Å²) in [5.74, 6) is 0.686. The predicted molar refractivity (Wildman–Crippen MR) is 148 cm³/mol. The average Bonchev–Trinajstić information content (AvgIpc) is 3.15. The maximum Gasteiger partial charge on any atom is 0.282 e. The van der Waals surface area contributed by atoms with Gasteiger partial charge in [-0.3, -0.25) is 4.79 Å². The Morgan fingerprint density at radius 1 is 1.00 bits per heavy atom. The highest BCUT2D eigenvalue weighted by Crippen LogP contribution is 2.27. The van der Waals surface area contributed by atoms with Crippen LogP contribution in [0.4, 0.5) is 0 Å². The van der Waals surface area contributed by atoms with Gasteiger partial charge in [0.1, 0.15) is 5.82 Å². The number of fused-ring (bicyclic) bond motifs is 2. The third-order valence-electron chi connectivity index (χ3n) is 6.42. The summed E-state index contributed by atoms with van der Waals surface area (Å²) < 4.78 is 4.56. The normalized spacial score (nSPS) is 11.8. The molecule has 5 rings (SSSR count). The second-order valence-corrected chi connectivity index (χ2v) is 9.73. The minimum Gasteiger partial charge on any atom is -0.317 e. The van der Waals surface area contributed by atoms with Crippen LogP contribution in [0, 0.1) is 13.8 Å². The number of aryl methyl sites for hydroxylation is 2. The van der Waals surface area contributed by atoms with E-state index in [9.17, 15) is 4.79 Å². The summed E-state index contributed by atoms with van der Waals surface area (Å²) in [7, 11) is 0. The molecule has 0 atom stereocenters. The molecule has 0 aliphatic carbocycles. The van der Waals surface area contributed by atoms with Crippen LogP contribution in [0.2, 0.25) is 0 Å². The van der Waals surface area contributed by atoms with Gasteiger partial charge in [0.2, 0.25) is 0 Å². The Balaban J connectivity index is 1.62. The van der Waals surface area contributed by atoms with E-state index in [1.165, 1.54) is 15.4 Å². The van der Waals surface area contributed by atoms with Gasteiger partial charge in [-0.05, 0) is 56.0 Å². The molecule has 0 radical (unpaired) electrons. The van der Waals surface area contributed by atoms with Crippen LogP contribution in [0.3, 0.4) is 0 Å². The van der Waals surface area contributed by atoms with Crippen molar-refractivity contribution in [3.8, 4) is 5.69 Å². The molecule has 0 saturated heterocycles. The first-order valence-electron chi connectivity index (χ1n) is 11.9. The molecule has 0 amide bonds. The summed E-state index contributed by atoms with van der Waals surface area (Å²) in [4.78, 5) is 18.2. The highest BCUT2D eigenvalue weighted by atomic mass is 79.9. The summed E-state index contributed by atoms with van der Waals surface area (Å²) in [5.41, 5.74) is 4.84. The summed E-state index contributed by atoms with van der Waals surface area (Å²) in [6.45, 7) is 6.32. The van der Waals surface area contributed by atoms with Crippen LogP contribution in [-0.4, -0.2) is 20.4 Å². The van der Waals surface area contributed by atoms with Crippen molar-refractivity contribution in [2.45, 2.75) is 40.0 Å². The number of aromatic nitrogens is 3. The van der Waals surface area contributed by atoms with Crippen molar-refractivity contribution in [2.24, 2.45) is 5.10 Å². The maximum absolute atomic E-state index is 13.4. The van der Waals surface area contributed by atoms with Gasteiger partial charge in [-0.25, -0.2) is 4.98 Å². The predicted octanol–water partition coefficient (Wildman–Crippen LogP) is 6.94. The van der Waals surface area contributed by atoms with Gasteiger partial charge in [0.15, 0.2) is 0 Å². The van der Waals surface area contributed by atoms with Crippen LogP contribution in [0.5, 0.6) is 0 Å². The van der Waals surface area contributed by atoms with Crippen molar-refractivity contribution in [1.82, 2.24) is 14.2 Å². The standard InChI is InChI=1S/C29H27BrN4O/c1-4-5-13-28-32-26-15-14-23(30)17-25(26)29(35)34(28)31-18-22-16-19(2)33(20(22)3)27-12-8-10-21-9-6-7-11-24(21)27/h6-12,14-18H,4-5,13H2,1-3H3. The van der Waals surface area contributed by atoms with E-state index in [0.717, 1.165) is 40.0 Å². The van der Waals surface area contributed by atoms with Crippen molar-refractivity contribution < 1.29 is 0 Å². The molecule has 0 fully saturated rings. The molecule has 0 aliphatic heterocycles. The molecule has 0 spiro atoms. The Kier molecular flexibility index (Phi) is 6.39. The van der Waals surface area contributed by atoms with E-state index in [2.05, 4.69) is 94.9 Å². The van der Waals surface area contributed by atoms with E-state index in [4.69, 9.17) is 4.98 Å². The van der Waals surface area contributed by atoms with Crippen LogP contribution in [0.25, 0.3) is 27.4 Å². The van der Waals surface area contributed by atoms with Gasteiger partial charge >= 0.3 is 0 Å². The van der Waals surface area contributed by atoms with Crippen molar-refractivity contribution in [3.05, 3.63) is 104 Å². The SMILES string of the molecule is CCCCc1nc2ccc(Br)cc2c(=O)n1N=Cc1cc(C)n(-c2cccc3ccccc23)c1C. The molecule has 0 aliphatic rings. The highest BCUT2D eigenvalue weighted by molar-refractivity contribution is 9.10. The molecule has 3 aromatic carbocycles. The van der Waals surface area contributed by atoms with Gasteiger partial charge in [0.25, 0.3) is 5.56 Å². The molecule has 2 heterocycles. The van der Waals surface area contributed by atoms with Gasteiger partial charge < -0.3 is 4.57 Å². The van der Waals surface area contributed by atoms with Crippen molar-refractivity contribution in [1.29, 1.82) is 0 Å². The van der Waals surface area contributed by atoms with Crippen molar-refractivity contribution in [3.63, 3.8) is 0 Å². The van der Waals surface area contributed by atoms with E-state index in [1.807, 2.05) is 18.2 Å². The fraction of sp³-hybridized carbons (Fsp3) is 0.207. The van der Waals surface area contributed by atoms with Crippen LogP contribution in [0.15, 0.2) is 81.1 Å². The lowest BCUT2D eigenvalue weighted by molar-refractivity contribution is 0.675. The molecule has 0 unspecified atom stereocenters. The first-order valence-corrected chi connectivity index (χ1v) is 12.7. The number of hydrogen-bond acceptors (Lipinski definition) is 3. The fourth-order valence-electron chi connectivity index (χ4n) is 4.62. The van der Waals surface area contributed by atoms with Crippen LogP contribution in [0.1, 0.15) is 42.5 Å². The van der Waals surface area contributed by atoms with Gasteiger partial charge in [0, 0.05) is 33.2 Å². The second kappa shape index (κ2) is 9.62. The number of benzene rings is 3. The number of unbranched alkanes of at least 4 members (excludes halogenated alkanes) is 1. The Hall–Kier alpha value is -3.51. The minimum atomic E-state index is -0.151. The fourth-order valence-corrected chi connectivity index (χ4v) is 4.98. The number of halogens is 1. The third kappa shape index (κ3) is 4.34. The zero-order valence-corrected chi connectivity index (χ0v) is 21.7. The Morgan fingerprint density at radius 2 is 1.80 bits per heavy atom. The topological polar surface area (TPSA) is 52.2 Å². The molecule has 35 heavy (non-hydrogen) atoms. The smallest absolute Gasteiger partial charge is 0.282 e. The van der Waals surface area contributed by atoms with E-state index >= 15 is 0 Å². The molecule has 0 bridgehead atoms. The highest BCUT2D eigenvalue weighted by Gasteiger charge is 2.14. The van der Waals surface area contributed by atoms with Gasteiger partial charge in [-0.1, -0.05) is 65.7 Å². The Labute approximate surface area is 212 Å². The monoisotopic (exact) mass is 526 g/mol. The Bertz CT molecular complexity index is 1640. The number of rotatable bonds is 6. The summed E-state index contributed by atoms with van der Waals surface area (Å²) in [6.07, 6.45) is 4.44. The molecule has 5 aromatic rings.